The third-order valence-corrected chi connectivity index (χ3v) is 2.25. The van der Waals surface area contributed by atoms with Crippen LogP contribution in [0.4, 0.5) is 0 Å². The van der Waals surface area contributed by atoms with E-state index in [1.54, 1.807) is 6.26 Å². The number of hydrogen-bond donors (Lipinski definition) is 0. The minimum Gasteiger partial charge on any atom is -0.469 e. The number of rotatable bonds is 2. The second kappa shape index (κ2) is 3.49. The van der Waals surface area contributed by atoms with Gasteiger partial charge in [-0.15, -0.1) is 0 Å². The van der Waals surface area contributed by atoms with Gasteiger partial charge < -0.3 is 8.94 Å². The van der Waals surface area contributed by atoms with Crippen molar-refractivity contribution in [3.05, 3.63) is 23.9 Å². The van der Waals surface area contributed by atoms with Gasteiger partial charge in [0, 0.05) is 0 Å². The molecule has 0 N–H and O–H groups in total. The van der Waals surface area contributed by atoms with Crippen molar-refractivity contribution < 1.29 is 8.94 Å². The van der Waals surface area contributed by atoms with Crippen LogP contribution in [-0.4, -0.2) is 10.1 Å². The van der Waals surface area contributed by atoms with Gasteiger partial charge in [-0.05, 0) is 13.0 Å². The van der Waals surface area contributed by atoms with Crippen molar-refractivity contribution in [3.8, 4) is 11.5 Å². The molecular formula is C8H7IN2O2. The molecule has 13 heavy (non-hydrogen) atoms. The lowest BCUT2D eigenvalue weighted by atomic mass is 10.3. The van der Waals surface area contributed by atoms with E-state index < -0.39 is 0 Å². The Morgan fingerprint density at radius 1 is 1.54 bits per heavy atom. The minimum absolute atomic E-state index is 0.517. The van der Waals surface area contributed by atoms with Crippen LogP contribution in [-0.2, 0) is 4.43 Å². The predicted octanol–water partition coefficient (Wildman–Crippen LogP) is 2.57. The Kier molecular flexibility index (Phi) is 2.34. The number of furan rings is 1. The van der Waals surface area contributed by atoms with Crippen LogP contribution in [0.5, 0.6) is 0 Å². The number of halogens is 1. The number of hydrogen-bond acceptors (Lipinski definition) is 4. The molecule has 0 bridgehead atoms. The summed E-state index contributed by atoms with van der Waals surface area (Å²) in [6.07, 6.45) is 1.61. The van der Waals surface area contributed by atoms with Gasteiger partial charge in [-0.1, -0.05) is 27.7 Å². The van der Waals surface area contributed by atoms with Crippen molar-refractivity contribution in [2.45, 2.75) is 11.4 Å². The van der Waals surface area contributed by atoms with Crippen LogP contribution in [0.15, 0.2) is 21.3 Å². The SMILES string of the molecule is Cc1cc(-c2nc(CI)no2)co1. The first-order chi connectivity index (χ1) is 6.29. The summed E-state index contributed by atoms with van der Waals surface area (Å²) in [5.41, 5.74) is 0.834. The highest BCUT2D eigenvalue weighted by molar-refractivity contribution is 14.1. The molecule has 0 saturated carbocycles. The molecule has 0 amide bonds. The van der Waals surface area contributed by atoms with Crippen molar-refractivity contribution in [2.75, 3.05) is 0 Å². The molecule has 5 heteroatoms. The van der Waals surface area contributed by atoms with E-state index in [0.29, 0.717) is 11.7 Å². The number of alkyl halides is 1. The summed E-state index contributed by atoms with van der Waals surface area (Å²) in [4.78, 5) is 4.17. The first-order valence-corrected chi connectivity index (χ1v) is 5.26. The van der Waals surface area contributed by atoms with E-state index >= 15 is 0 Å². The molecule has 68 valence electrons. The molecule has 0 aliphatic heterocycles. The Morgan fingerprint density at radius 3 is 2.92 bits per heavy atom. The molecule has 2 aromatic heterocycles. The molecule has 0 fully saturated rings. The van der Waals surface area contributed by atoms with E-state index in [1.165, 1.54) is 0 Å². The quantitative estimate of drug-likeness (QED) is 0.630. The standard InChI is InChI=1S/C8H7IN2O2/c1-5-2-6(4-12-5)8-10-7(3-9)11-13-8/h2,4H,3H2,1H3. The molecule has 0 aliphatic carbocycles. The lowest BCUT2D eigenvalue weighted by Crippen LogP contribution is -1.78. The summed E-state index contributed by atoms with van der Waals surface area (Å²) < 4.78 is 10.9. The van der Waals surface area contributed by atoms with Gasteiger partial charge in [-0.25, -0.2) is 0 Å². The van der Waals surface area contributed by atoms with Gasteiger partial charge in [0.25, 0.3) is 5.89 Å². The predicted molar refractivity (Wildman–Crippen MR) is 54.5 cm³/mol. The largest absolute Gasteiger partial charge is 0.469 e. The average Bonchev–Trinajstić information content (AvgIpc) is 2.71. The molecular weight excluding hydrogens is 283 g/mol. The van der Waals surface area contributed by atoms with Gasteiger partial charge >= 0.3 is 0 Å². The van der Waals surface area contributed by atoms with Gasteiger partial charge in [0.1, 0.15) is 12.0 Å². The number of nitrogens with zero attached hydrogens (tertiary/aromatic N) is 2. The Morgan fingerprint density at radius 2 is 2.38 bits per heavy atom. The minimum atomic E-state index is 0.517. The average molecular weight is 290 g/mol. The van der Waals surface area contributed by atoms with Crippen molar-refractivity contribution >= 4 is 22.6 Å². The van der Waals surface area contributed by atoms with E-state index in [9.17, 15) is 0 Å². The second-order valence-electron chi connectivity index (χ2n) is 2.60. The molecule has 2 heterocycles. The lowest BCUT2D eigenvalue weighted by Gasteiger charge is -1.80. The maximum atomic E-state index is 5.13. The highest BCUT2D eigenvalue weighted by Gasteiger charge is 2.09. The zero-order chi connectivity index (χ0) is 9.26. The summed E-state index contributed by atoms with van der Waals surface area (Å²) in [5.74, 6) is 2.06. The molecule has 2 aromatic rings. The molecule has 0 atom stereocenters. The van der Waals surface area contributed by atoms with Crippen molar-refractivity contribution in [1.82, 2.24) is 10.1 Å². The van der Waals surface area contributed by atoms with Gasteiger partial charge in [-0.3, -0.25) is 0 Å². The smallest absolute Gasteiger partial charge is 0.261 e. The number of aromatic nitrogens is 2. The van der Waals surface area contributed by atoms with Crippen LogP contribution in [0.2, 0.25) is 0 Å². The summed E-state index contributed by atoms with van der Waals surface area (Å²) in [6.45, 7) is 1.87. The molecule has 0 spiro atoms. The molecule has 0 saturated heterocycles. The van der Waals surface area contributed by atoms with E-state index in [-0.39, 0.29) is 0 Å². The topological polar surface area (TPSA) is 52.1 Å². The van der Waals surface area contributed by atoms with Crippen molar-refractivity contribution in [3.63, 3.8) is 0 Å². The fraction of sp³-hybridized carbons (Fsp3) is 0.250. The van der Waals surface area contributed by atoms with Crippen LogP contribution in [0.1, 0.15) is 11.6 Å². The van der Waals surface area contributed by atoms with Crippen molar-refractivity contribution in [1.29, 1.82) is 0 Å². The molecule has 0 aromatic carbocycles. The van der Waals surface area contributed by atoms with Crippen LogP contribution in [0, 0.1) is 6.92 Å². The van der Waals surface area contributed by atoms with E-state index in [1.807, 2.05) is 13.0 Å². The van der Waals surface area contributed by atoms with Crippen LogP contribution < -0.4 is 0 Å². The first kappa shape index (κ1) is 8.74. The summed E-state index contributed by atoms with van der Waals surface area (Å²) in [5, 5.41) is 3.79. The van der Waals surface area contributed by atoms with E-state index in [0.717, 1.165) is 15.8 Å². The van der Waals surface area contributed by atoms with Crippen LogP contribution in [0.3, 0.4) is 0 Å². The van der Waals surface area contributed by atoms with Gasteiger partial charge in [0.05, 0.1) is 9.99 Å². The highest BCUT2D eigenvalue weighted by Crippen LogP contribution is 2.20. The Bertz CT molecular complexity index is 408. The fourth-order valence-electron chi connectivity index (χ4n) is 0.981. The Hall–Kier alpha value is -0.850. The maximum Gasteiger partial charge on any atom is 0.261 e. The van der Waals surface area contributed by atoms with E-state index in [4.69, 9.17) is 8.94 Å². The summed E-state index contributed by atoms with van der Waals surface area (Å²) in [7, 11) is 0. The third-order valence-electron chi connectivity index (χ3n) is 1.57. The monoisotopic (exact) mass is 290 g/mol. The zero-order valence-corrected chi connectivity index (χ0v) is 9.11. The van der Waals surface area contributed by atoms with Gasteiger partial charge in [0.15, 0.2) is 5.82 Å². The van der Waals surface area contributed by atoms with Gasteiger partial charge in [0.2, 0.25) is 0 Å². The molecule has 0 unspecified atom stereocenters. The summed E-state index contributed by atoms with van der Waals surface area (Å²) in [6, 6.07) is 1.87. The van der Waals surface area contributed by atoms with Gasteiger partial charge in [-0.2, -0.15) is 4.98 Å². The number of aryl methyl sites for hydroxylation is 1. The molecule has 2 rings (SSSR count). The zero-order valence-electron chi connectivity index (χ0n) is 6.95. The molecule has 0 radical (unpaired) electrons. The highest BCUT2D eigenvalue weighted by atomic mass is 127. The first-order valence-electron chi connectivity index (χ1n) is 3.73. The van der Waals surface area contributed by atoms with Crippen LogP contribution in [0.25, 0.3) is 11.5 Å². The molecule has 4 nitrogen and oxygen atoms in total. The Labute approximate surface area is 88.5 Å². The maximum absolute atomic E-state index is 5.13. The fourth-order valence-corrected chi connectivity index (χ4v) is 1.29. The third kappa shape index (κ3) is 1.74. The molecule has 0 aliphatic rings. The Balaban J connectivity index is 2.35. The lowest BCUT2D eigenvalue weighted by molar-refractivity contribution is 0.424. The normalized spacial score (nSPS) is 10.6. The second-order valence-corrected chi connectivity index (χ2v) is 3.36. The summed E-state index contributed by atoms with van der Waals surface area (Å²) >= 11 is 2.18. The van der Waals surface area contributed by atoms with E-state index in [2.05, 4.69) is 32.7 Å². The van der Waals surface area contributed by atoms with Crippen molar-refractivity contribution in [2.24, 2.45) is 0 Å². The van der Waals surface area contributed by atoms with Crippen LogP contribution >= 0.6 is 22.6 Å².